The number of carboxylic acids is 1. The smallest absolute Gasteiger partial charge is 0.326 e. The average molecular weight is 285 g/mol. The second kappa shape index (κ2) is 5.34. The van der Waals surface area contributed by atoms with Gasteiger partial charge in [-0.2, -0.15) is 0 Å². The van der Waals surface area contributed by atoms with Crippen LogP contribution in [0.4, 0.5) is 4.79 Å². The van der Waals surface area contributed by atoms with Crippen molar-refractivity contribution in [1.82, 2.24) is 5.32 Å². The maximum absolute atomic E-state index is 10.6. The van der Waals surface area contributed by atoms with Crippen LogP contribution in [0, 0.1) is 5.92 Å². The molecule has 0 bridgehead atoms. The Morgan fingerprint density at radius 2 is 2.08 bits per heavy atom. The van der Waals surface area contributed by atoms with Crippen LogP contribution in [-0.4, -0.2) is 21.0 Å². The molecule has 0 aliphatic rings. The van der Waals surface area contributed by atoms with E-state index in [9.17, 15) is 9.59 Å². The highest BCUT2D eigenvalue weighted by atomic mass is 127. The Morgan fingerprint density at radius 1 is 1.58 bits per heavy atom. The van der Waals surface area contributed by atoms with Crippen LogP contribution in [0.25, 0.3) is 0 Å². The fourth-order valence-electron chi connectivity index (χ4n) is 0.805. The highest BCUT2D eigenvalue weighted by Crippen LogP contribution is 2.08. The maximum Gasteiger partial charge on any atom is 0.326 e. The van der Waals surface area contributed by atoms with Crippen LogP contribution in [0.15, 0.2) is 0 Å². The van der Waals surface area contributed by atoms with Crippen LogP contribution < -0.4 is 5.32 Å². The summed E-state index contributed by atoms with van der Waals surface area (Å²) in [5, 5.41) is 11.1. The van der Waals surface area contributed by atoms with E-state index in [2.05, 4.69) is 5.32 Å². The van der Waals surface area contributed by atoms with E-state index in [1.807, 2.05) is 6.92 Å². The Bertz CT molecular complexity index is 183. The Morgan fingerprint density at radius 3 is 2.33 bits per heavy atom. The highest BCUT2D eigenvalue weighted by Gasteiger charge is 2.24. The highest BCUT2D eigenvalue weighted by molar-refractivity contribution is 14.1. The molecule has 12 heavy (non-hydrogen) atoms. The predicted molar refractivity (Wildman–Crippen MR) is 53.4 cm³/mol. The summed E-state index contributed by atoms with van der Waals surface area (Å²) in [7, 11) is 0. The van der Waals surface area contributed by atoms with Crippen molar-refractivity contribution in [1.29, 1.82) is 0 Å². The number of rotatable bonds is 4. The lowest BCUT2D eigenvalue weighted by molar-refractivity contribution is -0.140. The molecule has 0 aromatic heterocycles. The third kappa shape index (κ3) is 3.89. The summed E-state index contributed by atoms with van der Waals surface area (Å²) in [5.74, 6) is -1.02. The lowest BCUT2D eigenvalue weighted by atomic mass is 10.00. The van der Waals surface area contributed by atoms with Gasteiger partial charge in [-0.05, 0) is 5.92 Å². The van der Waals surface area contributed by atoms with Gasteiger partial charge in [-0.3, -0.25) is 4.79 Å². The molecule has 1 amide bonds. The van der Waals surface area contributed by atoms with Crippen LogP contribution in [0.1, 0.15) is 20.3 Å². The Labute approximate surface area is 84.9 Å². The first kappa shape index (κ1) is 11.7. The fourth-order valence-corrected chi connectivity index (χ4v) is 1.14. The van der Waals surface area contributed by atoms with Crippen molar-refractivity contribution in [3.8, 4) is 0 Å². The van der Waals surface area contributed by atoms with E-state index in [1.165, 1.54) is 22.6 Å². The molecule has 0 heterocycles. The van der Waals surface area contributed by atoms with Crippen LogP contribution in [0.3, 0.4) is 0 Å². The van der Waals surface area contributed by atoms with Gasteiger partial charge in [-0.15, -0.1) is 0 Å². The molecular weight excluding hydrogens is 273 g/mol. The minimum Gasteiger partial charge on any atom is -0.480 e. The minimum absolute atomic E-state index is 0.0405. The standard InChI is InChI=1S/C7H12INO3/c1-3-4(2)5(6(10)11)9-7(8)12/h4-5H,3H2,1-2H3,(H,9,12)(H,10,11)/t4-,5-/m0/s1. The molecule has 4 nitrogen and oxygen atoms in total. The first-order chi connectivity index (χ1) is 5.49. The molecule has 0 unspecified atom stereocenters. The van der Waals surface area contributed by atoms with Gasteiger partial charge in [0.1, 0.15) is 6.04 Å². The lowest BCUT2D eigenvalue weighted by Gasteiger charge is -2.18. The van der Waals surface area contributed by atoms with E-state index < -0.39 is 12.0 Å². The largest absolute Gasteiger partial charge is 0.480 e. The van der Waals surface area contributed by atoms with E-state index in [4.69, 9.17) is 5.11 Å². The summed E-state index contributed by atoms with van der Waals surface area (Å²) in [6.07, 6.45) is 0.730. The zero-order chi connectivity index (χ0) is 9.72. The molecule has 0 aromatic carbocycles. The molecule has 0 aliphatic carbocycles. The van der Waals surface area contributed by atoms with E-state index >= 15 is 0 Å². The van der Waals surface area contributed by atoms with Gasteiger partial charge in [0.15, 0.2) is 0 Å². The lowest BCUT2D eigenvalue weighted by Crippen LogP contribution is -2.42. The SMILES string of the molecule is CC[C@H](C)[C@H](NC(=O)I)C(=O)O. The molecule has 0 spiro atoms. The number of halogens is 1. The Balaban J connectivity index is 4.22. The first-order valence-corrected chi connectivity index (χ1v) is 4.75. The van der Waals surface area contributed by atoms with E-state index in [-0.39, 0.29) is 9.83 Å². The molecule has 70 valence electrons. The molecular formula is C7H12INO3. The van der Waals surface area contributed by atoms with Gasteiger partial charge in [0, 0.05) is 22.6 Å². The van der Waals surface area contributed by atoms with Crippen molar-refractivity contribution < 1.29 is 14.7 Å². The van der Waals surface area contributed by atoms with Crippen LogP contribution >= 0.6 is 22.6 Å². The number of aliphatic carboxylic acids is 1. The molecule has 0 rings (SSSR count). The summed E-state index contributed by atoms with van der Waals surface area (Å²) < 4.78 is -0.333. The van der Waals surface area contributed by atoms with E-state index in [0.717, 1.165) is 6.42 Å². The number of nitrogens with one attached hydrogen (secondary N) is 1. The fraction of sp³-hybridized carbons (Fsp3) is 0.714. The van der Waals surface area contributed by atoms with Gasteiger partial charge < -0.3 is 10.4 Å². The van der Waals surface area contributed by atoms with Crippen LogP contribution in [-0.2, 0) is 4.79 Å². The van der Waals surface area contributed by atoms with E-state index in [0.29, 0.717) is 0 Å². The normalized spacial score (nSPS) is 14.9. The molecule has 0 aliphatic heterocycles. The molecule has 0 aromatic rings. The van der Waals surface area contributed by atoms with Gasteiger partial charge in [0.2, 0.25) is 0 Å². The maximum atomic E-state index is 10.6. The predicted octanol–water partition coefficient (Wildman–Crippen LogP) is 1.63. The van der Waals surface area contributed by atoms with Crippen LogP contribution in [0.5, 0.6) is 0 Å². The molecule has 0 saturated carbocycles. The Hall–Kier alpha value is -0.330. The van der Waals surface area contributed by atoms with Gasteiger partial charge in [0.05, 0.1) is 0 Å². The van der Waals surface area contributed by atoms with Crippen molar-refractivity contribution in [2.45, 2.75) is 26.3 Å². The average Bonchev–Trinajstić information content (AvgIpc) is 1.98. The van der Waals surface area contributed by atoms with Gasteiger partial charge >= 0.3 is 5.97 Å². The van der Waals surface area contributed by atoms with E-state index in [1.54, 1.807) is 6.92 Å². The van der Waals surface area contributed by atoms with Gasteiger partial charge in [-0.25, -0.2) is 4.79 Å². The number of amides is 1. The molecule has 5 heteroatoms. The number of carboxylic acid groups (broad SMARTS) is 1. The first-order valence-electron chi connectivity index (χ1n) is 3.67. The summed E-state index contributed by atoms with van der Waals surface area (Å²) in [6.45, 7) is 3.69. The number of carbonyl (C=O) groups excluding carboxylic acids is 1. The van der Waals surface area contributed by atoms with Crippen molar-refractivity contribution >= 4 is 32.5 Å². The summed E-state index contributed by atoms with van der Waals surface area (Å²) in [4.78, 5) is 21.2. The monoisotopic (exact) mass is 285 g/mol. The van der Waals surface area contributed by atoms with Crippen molar-refractivity contribution in [3.05, 3.63) is 0 Å². The third-order valence-corrected chi connectivity index (χ3v) is 2.06. The zero-order valence-corrected chi connectivity index (χ0v) is 9.16. The molecule has 0 fully saturated rings. The number of hydrogen-bond acceptors (Lipinski definition) is 2. The van der Waals surface area contributed by atoms with Gasteiger partial charge in [-0.1, -0.05) is 20.3 Å². The van der Waals surface area contributed by atoms with Gasteiger partial charge in [0.25, 0.3) is 3.91 Å². The van der Waals surface area contributed by atoms with Crippen molar-refractivity contribution in [2.75, 3.05) is 0 Å². The Kier molecular flexibility index (Phi) is 5.19. The second-order valence-electron chi connectivity index (χ2n) is 2.62. The number of hydrogen-bond donors (Lipinski definition) is 2. The van der Waals surface area contributed by atoms with Crippen molar-refractivity contribution in [3.63, 3.8) is 0 Å². The molecule has 2 atom stereocenters. The minimum atomic E-state index is -0.977. The van der Waals surface area contributed by atoms with Crippen molar-refractivity contribution in [2.24, 2.45) is 5.92 Å². The molecule has 0 saturated heterocycles. The molecule has 0 radical (unpaired) electrons. The summed E-state index contributed by atoms with van der Waals surface area (Å²) in [6, 6.07) is -0.764. The third-order valence-electron chi connectivity index (χ3n) is 1.75. The topological polar surface area (TPSA) is 66.4 Å². The summed E-state index contributed by atoms with van der Waals surface area (Å²) >= 11 is 1.53. The number of carbonyl (C=O) groups is 2. The quantitative estimate of drug-likeness (QED) is 0.468. The zero-order valence-electron chi connectivity index (χ0n) is 7.00. The summed E-state index contributed by atoms with van der Waals surface area (Å²) in [5.41, 5.74) is 0. The second-order valence-corrected chi connectivity index (χ2v) is 3.60. The molecule has 2 N–H and O–H groups in total. The van der Waals surface area contributed by atoms with Crippen LogP contribution in [0.2, 0.25) is 0 Å².